The SMILES string of the molecule is COc1ccccc1-c1noc(-c2sc(CN)nc2C)n1. The van der Waals surface area contributed by atoms with Gasteiger partial charge in [-0.3, -0.25) is 0 Å². The van der Waals surface area contributed by atoms with E-state index < -0.39 is 0 Å². The minimum atomic E-state index is 0.402. The van der Waals surface area contributed by atoms with Gasteiger partial charge in [-0.25, -0.2) is 4.98 Å². The van der Waals surface area contributed by atoms with Crippen LogP contribution in [0, 0.1) is 6.92 Å². The molecule has 6 nitrogen and oxygen atoms in total. The molecule has 2 N–H and O–H groups in total. The van der Waals surface area contributed by atoms with E-state index >= 15 is 0 Å². The van der Waals surface area contributed by atoms with Crippen LogP contribution in [-0.4, -0.2) is 22.2 Å². The lowest BCUT2D eigenvalue weighted by Crippen LogP contribution is -1.94. The van der Waals surface area contributed by atoms with Crippen molar-refractivity contribution in [3.8, 4) is 27.9 Å². The summed E-state index contributed by atoms with van der Waals surface area (Å²) in [5.74, 6) is 1.64. The van der Waals surface area contributed by atoms with E-state index in [4.69, 9.17) is 15.0 Å². The molecule has 108 valence electrons. The summed E-state index contributed by atoms with van der Waals surface area (Å²) in [6.45, 7) is 2.30. The molecule has 3 rings (SSSR count). The van der Waals surface area contributed by atoms with Crippen molar-refractivity contribution in [3.05, 3.63) is 35.0 Å². The van der Waals surface area contributed by atoms with Crippen LogP contribution in [0.2, 0.25) is 0 Å². The first kappa shape index (κ1) is 13.7. The van der Waals surface area contributed by atoms with Crippen LogP contribution in [0.3, 0.4) is 0 Å². The second-order valence-corrected chi connectivity index (χ2v) is 5.43. The molecule has 0 saturated heterocycles. The quantitative estimate of drug-likeness (QED) is 0.797. The first-order valence-electron chi connectivity index (χ1n) is 6.36. The van der Waals surface area contributed by atoms with Crippen molar-refractivity contribution in [1.29, 1.82) is 0 Å². The summed E-state index contributed by atoms with van der Waals surface area (Å²) in [6, 6.07) is 7.54. The predicted octanol–water partition coefficient (Wildman–Crippen LogP) is 2.64. The van der Waals surface area contributed by atoms with Gasteiger partial charge in [-0.15, -0.1) is 11.3 Å². The predicted molar refractivity (Wildman–Crippen MR) is 80.0 cm³/mol. The van der Waals surface area contributed by atoms with E-state index in [-0.39, 0.29) is 0 Å². The topological polar surface area (TPSA) is 87.1 Å². The molecule has 0 radical (unpaired) electrons. The van der Waals surface area contributed by atoms with E-state index in [2.05, 4.69) is 15.1 Å². The number of methoxy groups -OCH3 is 1. The molecule has 0 bridgehead atoms. The van der Waals surface area contributed by atoms with Gasteiger partial charge >= 0.3 is 0 Å². The number of para-hydroxylation sites is 1. The van der Waals surface area contributed by atoms with E-state index in [1.165, 1.54) is 11.3 Å². The van der Waals surface area contributed by atoms with Crippen molar-refractivity contribution in [3.63, 3.8) is 0 Å². The average molecular weight is 302 g/mol. The van der Waals surface area contributed by atoms with Crippen molar-refractivity contribution >= 4 is 11.3 Å². The van der Waals surface area contributed by atoms with E-state index in [0.717, 1.165) is 21.1 Å². The molecular weight excluding hydrogens is 288 g/mol. The molecule has 1 aromatic carbocycles. The number of nitrogens with zero attached hydrogens (tertiary/aromatic N) is 3. The molecule has 2 heterocycles. The monoisotopic (exact) mass is 302 g/mol. The Morgan fingerprint density at radius 1 is 1.29 bits per heavy atom. The maximum absolute atomic E-state index is 5.61. The second-order valence-electron chi connectivity index (χ2n) is 4.35. The maximum Gasteiger partial charge on any atom is 0.270 e. The highest BCUT2D eigenvalue weighted by Crippen LogP contribution is 2.32. The zero-order valence-corrected chi connectivity index (χ0v) is 12.5. The number of rotatable bonds is 4. The summed E-state index contributed by atoms with van der Waals surface area (Å²) in [7, 11) is 1.61. The van der Waals surface area contributed by atoms with Gasteiger partial charge in [0.25, 0.3) is 5.89 Å². The van der Waals surface area contributed by atoms with Crippen LogP contribution >= 0.6 is 11.3 Å². The zero-order chi connectivity index (χ0) is 14.8. The van der Waals surface area contributed by atoms with Gasteiger partial charge in [0, 0.05) is 6.54 Å². The van der Waals surface area contributed by atoms with Crippen LogP contribution in [-0.2, 0) is 6.54 Å². The minimum Gasteiger partial charge on any atom is -0.496 e. The first-order chi connectivity index (χ1) is 10.2. The third kappa shape index (κ3) is 2.53. The van der Waals surface area contributed by atoms with E-state index in [1.54, 1.807) is 7.11 Å². The third-order valence-electron chi connectivity index (χ3n) is 2.98. The van der Waals surface area contributed by atoms with Gasteiger partial charge in [-0.05, 0) is 19.1 Å². The van der Waals surface area contributed by atoms with Gasteiger partial charge in [0.1, 0.15) is 15.6 Å². The number of aryl methyl sites for hydroxylation is 1. The van der Waals surface area contributed by atoms with E-state index in [1.807, 2.05) is 31.2 Å². The Labute approximate surface area is 125 Å². The highest BCUT2D eigenvalue weighted by atomic mass is 32.1. The Kier molecular flexibility index (Phi) is 3.68. The fraction of sp³-hybridized carbons (Fsp3) is 0.214. The Morgan fingerprint density at radius 3 is 2.81 bits per heavy atom. The van der Waals surface area contributed by atoms with Gasteiger partial charge in [-0.2, -0.15) is 4.98 Å². The Bertz CT molecular complexity index is 766. The lowest BCUT2D eigenvalue weighted by atomic mass is 10.2. The fourth-order valence-electron chi connectivity index (χ4n) is 1.99. The smallest absolute Gasteiger partial charge is 0.270 e. The molecule has 2 aromatic heterocycles. The van der Waals surface area contributed by atoms with Crippen LogP contribution in [0.5, 0.6) is 5.75 Å². The number of ether oxygens (including phenoxy) is 1. The van der Waals surface area contributed by atoms with Crippen molar-refractivity contribution < 1.29 is 9.26 Å². The highest BCUT2D eigenvalue weighted by Gasteiger charge is 2.18. The van der Waals surface area contributed by atoms with Crippen molar-refractivity contribution in [1.82, 2.24) is 15.1 Å². The van der Waals surface area contributed by atoms with Crippen LogP contribution < -0.4 is 10.5 Å². The van der Waals surface area contributed by atoms with E-state index in [9.17, 15) is 0 Å². The molecule has 0 aliphatic heterocycles. The Morgan fingerprint density at radius 2 is 2.10 bits per heavy atom. The number of benzene rings is 1. The second kappa shape index (κ2) is 5.63. The highest BCUT2D eigenvalue weighted by molar-refractivity contribution is 7.15. The van der Waals surface area contributed by atoms with Crippen LogP contribution in [0.15, 0.2) is 28.8 Å². The zero-order valence-electron chi connectivity index (χ0n) is 11.7. The molecule has 0 saturated carbocycles. The number of hydrogen-bond donors (Lipinski definition) is 1. The van der Waals surface area contributed by atoms with Crippen molar-refractivity contribution in [2.45, 2.75) is 13.5 Å². The number of thiazole rings is 1. The molecule has 0 fully saturated rings. The molecule has 3 aromatic rings. The summed E-state index contributed by atoms with van der Waals surface area (Å²) in [6.07, 6.45) is 0. The van der Waals surface area contributed by atoms with Crippen molar-refractivity contribution in [2.24, 2.45) is 5.73 Å². The molecule has 21 heavy (non-hydrogen) atoms. The molecule has 0 atom stereocenters. The molecule has 0 spiro atoms. The van der Waals surface area contributed by atoms with Crippen LogP contribution in [0.25, 0.3) is 22.2 Å². The van der Waals surface area contributed by atoms with Crippen molar-refractivity contribution in [2.75, 3.05) is 7.11 Å². The summed E-state index contributed by atoms with van der Waals surface area (Å²) < 4.78 is 10.7. The maximum atomic E-state index is 5.61. The first-order valence-corrected chi connectivity index (χ1v) is 7.18. The minimum absolute atomic E-state index is 0.402. The molecule has 0 amide bonds. The standard InChI is InChI=1S/C14H14N4O2S/c1-8-12(21-11(7-15)16-8)14-17-13(18-20-14)9-5-3-4-6-10(9)19-2/h3-6H,7,15H2,1-2H3. The molecule has 0 aliphatic rings. The lowest BCUT2D eigenvalue weighted by Gasteiger charge is -2.02. The largest absolute Gasteiger partial charge is 0.496 e. The fourth-order valence-corrected chi connectivity index (χ4v) is 2.86. The lowest BCUT2D eigenvalue weighted by molar-refractivity contribution is 0.413. The van der Waals surface area contributed by atoms with Gasteiger partial charge in [0.15, 0.2) is 0 Å². The Hall–Kier alpha value is -2.25. The normalized spacial score (nSPS) is 10.8. The van der Waals surface area contributed by atoms with Gasteiger partial charge in [0.05, 0.1) is 18.4 Å². The molecule has 0 aliphatic carbocycles. The summed E-state index contributed by atoms with van der Waals surface area (Å²) in [5.41, 5.74) is 7.24. The average Bonchev–Trinajstić information content (AvgIpc) is 3.13. The van der Waals surface area contributed by atoms with Gasteiger partial charge in [0.2, 0.25) is 5.82 Å². The van der Waals surface area contributed by atoms with Gasteiger partial charge < -0.3 is 15.0 Å². The summed E-state index contributed by atoms with van der Waals surface area (Å²) in [4.78, 5) is 9.65. The number of nitrogens with two attached hydrogens (primary N) is 1. The molecule has 7 heteroatoms. The summed E-state index contributed by atoms with van der Waals surface area (Å²) in [5, 5.41) is 4.88. The molecule has 0 unspecified atom stereocenters. The van der Waals surface area contributed by atoms with Gasteiger partial charge in [-0.1, -0.05) is 17.3 Å². The van der Waals surface area contributed by atoms with E-state index in [0.29, 0.717) is 24.0 Å². The number of aromatic nitrogens is 3. The van der Waals surface area contributed by atoms with Crippen LogP contribution in [0.4, 0.5) is 0 Å². The third-order valence-corrected chi connectivity index (χ3v) is 4.15. The number of hydrogen-bond acceptors (Lipinski definition) is 7. The Balaban J connectivity index is 2.01. The van der Waals surface area contributed by atoms with Crippen LogP contribution in [0.1, 0.15) is 10.7 Å². The molecular formula is C14H14N4O2S. The summed E-state index contributed by atoms with van der Waals surface area (Å²) >= 11 is 1.47.